The molecular weight excluding hydrogens is 457 g/mol. The highest BCUT2D eigenvalue weighted by molar-refractivity contribution is 7.92. The number of halogens is 1. The maximum atomic E-state index is 13.5. The van der Waals surface area contributed by atoms with Crippen LogP contribution >= 0.6 is 0 Å². The van der Waals surface area contributed by atoms with Crippen molar-refractivity contribution in [3.8, 4) is 0 Å². The number of hydrogen-bond acceptors (Lipinski definition) is 4. The fourth-order valence-corrected chi connectivity index (χ4v) is 4.58. The number of anilines is 1. The van der Waals surface area contributed by atoms with Crippen molar-refractivity contribution in [2.45, 2.75) is 59.7 Å². The van der Waals surface area contributed by atoms with Gasteiger partial charge in [0.25, 0.3) is 0 Å². The van der Waals surface area contributed by atoms with Crippen LogP contribution in [-0.2, 0) is 26.2 Å². The lowest BCUT2D eigenvalue weighted by Gasteiger charge is -2.33. The van der Waals surface area contributed by atoms with Crippen LogP contribution in [0, 0.1) is 19.7 Å². The molecule has 34 heavy (non-hydrogen) atoms. The van der Waals surface area contributed by atoms with Crippen LogP contribution in [0.2, 0.25) is 0 Å². The molecule has 9 heteroatoms. The molecule has 1 N–H and O–H groups in total. The van der Waals surface area contributed by atoms with Gasteiger partial charge in [-0.05, 0) is 70.4 Å². The average Bonchev–Trinajstić information content (AvgIpc) is 2.69. The molecule has 0 unspecified atom stereocenters. The lowest BCUT2D eigenvalue weighted by Crippen LogP contribution is -2.54. The average molecular weight is 492 g/mol. The summed E-state index contributed by atoms with van der Waals surface area (Å²) in [6.45, 7) is 10.2. The SMILES string of the molecule is Cc1cccc(C)c1N(CC(=O)N(Cc1ccc(F)cc1)[C@H](C)C(=O)NC(C)(C)C)S(C)(=O)=O. The fraction of sp³-hybridized carbons (Fsp3) is 0.440. The monoisotopic (exact) mass is 491 g/mol. The maximum absolute atomic E-state index is 13.5. The first kappa shape index (κ1) is 27.3. The highest BCUT2D eigenvalue weighted by atomic mass is 32.2. The Morgan fingerprint density at radius 2 is 1.56 bits per heavy atom. The summed E-state index contributed by atoms with van der Waals surface area (Å²) < 4.78 is 39.9. The van der Waals surface area contributed by atoms with Crippen molar-refractivity contribution in [1.29, 1.82) is 0 Å². The highest BCUT2D eigenvalue weighted by Gasteiger charge is 2.32. The summed E-state index contributed by atoms with van der Waals surface area (Å²) >= 11 is 0. The van der Waals surface area contributed by atoms with Gasteiger partial charge >= 0.3 is 0 Å². The Labute approximate surface area is 202 Å². The van der Waals surface area contributed by atoms with Gasteiger partial charge in [-0.15, -0.1) is 0 Å². The molecule has 0 aliphatic heterocycles. The van der Waals surface area contributed by atoms with Crippen LogP contribution in [0.25, 0.3) is 0 Å². The molecular formula is C25H34FN3O4S. The Morgan fingerprint density at radius 1 is 1.03 bits per heavy atom. The number of aryl methyl sites for hydroxylation is 2. The van der Waals surface area contributed by atoms with Crippen molar-refractivity contribution in [2.24, 2.45) is 0 Å². The van der Waals surface area contributed by atoms with Gasteiger partial charge in [0.1, 0.15) is 18.4 Å². The number of benzene rings is 2. The molecule has 0 aliphatic carbocycles. The third-order valence-electron chi connectivity index (χ3n) is 5.30. The minimum Gasteiger partial charge on any atom is -0.350 e. The standard InChI is InChI=1S/C25H34FN3O4S/c1-17-9-8-10-18(2)23(17)29(34(7,32)33)16-22(30)28(15-20-11-13-21(26)14-12-20)19(3)24(31)27-25(4,5)6/h8-14,19H,15-16H2,1-7H3,(H,27,31)/t19-/m1/s1. The second-order valence-corrected chi connectivity index (χ2v) is 11.5. The minimum atomic E-state index is -3.81. The number of rotatable bonds is 8. The van der Waals surface area contributed by atoms with E-state index in [4.69, 9.17) is 0 Å². The molecule has 2 aromatic rings. The molecule has 0 bridgehead atoms. The third kappa shape index (κ3) is 7.28. The number of carbonyl (C=O) groups is 2. The smallest absolute Gasteiger partial charge is 0.244 e. The zero-order valence-electron chi connectivity index (χ0n) is 20.8. The van der Waals surface area contributed by atoms with Crippen molar-refractivity contribution in [1.82, 2.24) is 10.2 Å². The van der Waals surface area contributed by atoms with E-state index in [-0.39, 0.29) is 12.5 Å². The minimum absolute atomic E-state index is 0.0161. The zero-order valence-corrected chi connectivity index (χ0v) is 21.7. The Hall–Kier alpha value is -2.94. The van der Waals surface area contributed by atoms with Gasteiger partial charge in [-0.25, -0.2) is 12.8 Å². The number of carbonyl (C=O) groups excluding carboxylic acids is 2. The van der Waals surface area contributed by atoms with E-state index >= 15 is 0 Å². The Kier molecular flexibility index (Phi) is 8.47. The van der Waals surface area contributed by atoms with Gasteiger partial charge in [-0.3, -0.25) is 13.9 Å². The Bertz CT molecular complexity index is 1120. The van der Waals surface area contributed by atoms with Crippen molar-refractivity contribution in [3.05, 3.63) is 65.0 Å². The number of hydrogen-bond donors (Lipinski definition) is 1. The van der Waals surface area contributed by atoms with Crippen LogP contribution in [0.15, 0.2) is 42.5 Å². The van der Waals surface area contributed by atoms with E-state index in [9.17, 15) is 22.4 Å². The first-order valence-electron chi connectivity index (χ1n) is 11.0. The molecule has 0 aromatic heterocycles. The van der Waals surface area contributed by atoms with Crippen LogP contribution < -0.4 is 9.62 Å². The highest BCUT2D eigenvalue weighted by Crippen LogP contribution is 2.27. The van der Waals surface area contributed by atoms with Gasteiger partial charge in [0.15, 0.2) is 0 Å². The van der Waals surface area contributed by atoms with Crippen molar-refractivity contribution < 1.29 is 22.4 Å². The molecule has 0 heterocycles. The molecule has 0 radical (unpaired) electrons. The van der Waals surface area contributed by atoms with Crippen molar-refractivity contribution in [2.75, 3.05) is 17.1 Å². The zero-order chi connectivity index (χ0) is 25.8. The van der Waals surface area contributed by atoms with E-state index < -0.39 is 39.9 Å². The third-order valence-corrected chi connectivity index (χ3v) is 6.41. The molecule has 0 spiro atoms. The second kappa shape index (κ2) is 10.5. The number of sulfonamides is 1. The predicted molar refractivity (Wildman–Crippen MR) is 132 cm³/mol. The van der Waals surface area contributed by atoms with Crippen LogP contribution in [0.3, 0.4) is 0 Å². The van der Waals surface area contributed by atoms with E-state index in [0.29, 0.717) is 22.4 Å². The fourth-order valence-electron chi connectivity index (χ4n) is 3.62. The van der Waals surface area contributed by atoms with Crippen molar-refractivity contribution in [3.63, 3.8) is 0 Å². The first-order chi connectivity index (χ1) is 15.6. The van der Waals surface area contributed by atoms with E-state index in [1.54, 1.807) is 32.9 Å². The maximum Gasteiger partial charge on any atom is 0.244 e. The van der Waals surface area contributed by atoms with Gasteiger partial charge in [0.05, 0.1) is 11.9 Å². The van der Waals surface area contributed by atoms with Gasteiger partial charge in [0, 0.05) is 12.1 Å². The van der Waals surface area contributed by atoms with Crippen LogP contribution in [0.1, 0.15) is 44.4 Å². The van der Waals surface area contributed by atoms with E-state index in [0.717, 1.165) is 10.6 Å². The van der Waals surface area contributed by atoms with Gasteiger partial charge in [0.2, 0.25) is 21.8 Å². The predicted octanol–water partition coefficient (Wildman–Crippen LogP) is 3.54. The molecule has 0 saturated carbocycles. The molecule has 0 saturated heterocycles. The number of amides is 2. The van der Waals surface area contributed by atoms with Gasteiger partial charge in [-0.1, -0.05) is 30.3 Å². The van der Waals surface area contributed by atoms with Crippen LogP contribution in [0.5, 0.6) is 0 Å². The van der Waals surface area contributed by atoms with E-state index in [1.165, 1.54) is 29.2 Å². The lowest BCUT2D eigenvalue weighted by molar-refractivity contribution is -0.140. The van der Waals surface area contributed by atoms with Crippen molar-refractivity contribution >= 4 is 27.5 Å². The molecule has 186 valence electrons. The summed E-state index contributed by atoms with van der Waals surface area (Å²) in [4.78, 5) is 27.8. The number of nitrogens with one attached hydrogen (secondary N) is 1. The van der Waals surface area contributed by atoms with E-state index in [1.807, 2.05) is 26.8 Å². The second-order valence-electron chi connectivity index (χ2n) is 9.57. The summed E-state index contributed by atoms with van der Waals surface area (Å²) in [6.07, 6.45) is 1.05. The summed E-state index contributed by atoms with van der Waals surface area (Å²) in [6, 6.07) is 10.1. The Balaban J connectivity index is 2.45. The van der Waals surface area contributed by atoms with Crippen LogP contribution in [-0.4, -0.2) is 49.5 Å². The summed E-state index contributed by atoms with van der Waals surface area (Å²) in [5, 5.41) is 2.86. The van der Waals surface area contributed by atoms with Gasteiger partial charge < -0.3 is 10.2 Å². The summed E-state index contributed by atoms with van der Waals surface area (Å²) in [5.41, 5.74) is 1.95. The number of nitrogens with zero attached hydrogens (tertiary/aromatic N) is 2. The molecule has 7 nitrogen and oxygen atoms in total. The molecule has 2 aromatic carbocycles. The van der Waals surface area contributed by atoms with Crippen LogP contribution in [0.4, 0.5) is 10.1 Å². The summed E-state index contributed by atoms with van der Waals surface area (Å²) in [7, 11) is -3.81. The molecule has 2 rings (SSSR count). The topological polar surface area (TPSA) is 86.8 Å². The Morgan fingerprint density at radius 3 is 2.03 bits per heavy atom. The molecule has 0 aliphatic rings. The first-order valence-corrected chi connectivity index (χ1v) is 12.8. The quantitative estimate of drug-likeness (QED) is 0.612. The number of para-hydroxylation sites is 1. The van der Waals surface area contributed by atoms with E-state index in [2.05, 4.69) is 5.32 Å². The molecule has 0 fully saturated rings. The summed E-state index contributed by atoms with van der Waals surface area (Å²) in [5.74, 6) is -1.34. The van der Waals surface area contributed by atoms with Gasteiger partial charge in [-0.2, -0.15) is 0 Å². The lowest BCUT2D eigenvalue weighted by atomic mass is 10.1. The largest absolute Gasteiger partial charge is 0.350 e. The normalized spacial score (nSPS) is 12.7. The molecule has 2 amide bonds. The molecule has 1 atom stereocenters.